The van der Waals surface area contributed by atoms with Crippen molar-refractivity contribution in [3.63, 3.8) is 0 Å². The lowest BCUT2D eigenvalue weighted by Gasteiger charge is -2.39. The van der Waals surface area contributed by atoms with Gasteiger partial charge >= 0.3 is 0 Å². The first-order chi connectivity index (χ1) is 15.9. The summed E-state index contributed by atoms with van der Waals surface area (Å²) >= 11 is 0. The van der Waals surface area contributed by atoms with Crippen LogP contribution in [0.2, 0.25) is 0 Å². The average molecular weight is 446 g/mol. The molecule has 168 valence electrons. The molecule has 33 heavy (non-hydrogen) atoms. The van der Waals surface area contributed by atoms with Crippen LogP contribution in [-0.4, -0.2) is 70.1 Å². The third kappa shape index (κ3) is 4.25. The van der Waals surface area contributed by atoms with E-state index in [1.165, 1.54) is 17.2 Å². The van der Waals surface area contributed by atoms with Crippen LogP contribution in [-0.2, 0) is 7.05 Å². The lowest BCUT2D eigenvalue weighted by Crippen LogP contribution is -2.52. The van der Waals surface area contributed by atoms with Crippen LogP contribution in [0.25, 0.3) is 22.4 Å². The molecule has 4 rings (SSSR count). The first-order valence-corrected chi connectivity index (χ1v) is 10.4. The number of pyridine rings is 1. The number of anilines is 1. The molecule has 0 spiro atoms. The number of piperazine rings is 1. The monoisotopic (exact) mass is 445 g/mol. The molecule has 0 radical (unpaired) electrons. The van der Waals surface area contributed by atoms with Crippen molar-refractivity contribution in [2.45, 2.75) is 0 Å². The number of nitriles is 1. The third-order valence-electron chi connectivity index (χ3n) is 5.74. The van der Waals surface area contributed by atoms with Gasteiger partial charge in [0.1, 0.15) is 6.07 Å². The van der Waals surface area contributed by atoms with E-state index in [2.05, 4.69) is 21.1 Å². The van der Waals surface area contributed by atoms with Crippen LogP contribution in [0.5, 0.6) is 0 Å². The second-order valence-corrected chi connectivity index (χ2v) is 7.78. The Kier molecular flexibility index (Phi) is 6.04. The van der Waals surface area contributed by atoms with Crippen LogP contribution in [0, 0.1) is 28.1 Å². The van der Waals surface area contributed by atoms with Gasteiger partial charge in [-0.3, -0.25) is 15.5 Å². The van der Waals surface area contributed by atoms with Crippen LogP contribution < -0.4 is 4.90 Å². The van der Waals surface area contributed by atoms with E-state index in [1.807, 2.05) is 36.3 Å². The van der Waals surface area contributed by atoms with Gasteiger partial charge in [-0.25, -0.2) is 4.98 Å². The van der Waals surface area contributed by atoms with Crippen LogP contribution >= 0.6 is 0 Å². The highest BCUT2D eigenvalue weighted by molar-refractivity contribution is 5.90. The molecule has 1 aromatic carbocycles. The van der Waals surface area contributed by atoms with E-state index in [0.29, 0.717) is 43.0 Å². The van der Waals surface area contributed by atoms with Gasteiger partial charge in [0.25, 0.3) is 0 Å². The first-order valence-electron chi connectivity index (χ1n) is 10.4. The van der Waals surface area contributed by atoms with Crippen molar-refractivity contribution in [1.82, 2.24) is 24.6 Å². The Morgan fingerprint density at radius 1 is 1.15 bits per heavy atom. The lowest BCUT2D eigenvalue weighted by atomic mass is 9.94. The highest BCUT2D eigenvalue weighted by Gasteiger charge is 2.26. The van der Waals surface area contributed by atoms with Crippen molar-refractivity contribution < 1.29 is 4.39 Å². The minimum atomic E-state index is -0.562. The maximum atomic E-state index is 13.5. The fourth-order valence-electron chi connectivity index (χ4n) is 4.00. The van der Waals surface area contributed by atoms with E-state index in [0.717, 1.165) is 23.2 Å². The van der Waals surface area contributed by atoms with Crippen LogP contribution in [0.1, 0.15) is 5.56 Å². The zero-order chi connectivity index (χ0) is 23.5. The SMILES string of the molecule is CN(C=N)C(=N)N1CCN(c2c(-c3ccc(F)nc3)ccc(-c3ccn(C)n3)c2C#N)CC1. The van der Waals surface area contributed by atoms with Gasteiger partial charge < -0.3 is 14.7 Å². The number of nitrogens with one attached hydrogen (secondary N) is 2. The van der Waals surface area contributed by atoms with E-state index >= 15 is 0 Å². The van der Waals surface area contributed by atoms with Gasteiger partial charge in [0.05, 0.1) is 23.3 Å². The number of hydrogen-bond donors (Lipinski definition) is 2. The molecule has 1 aliphatic heterocycles. The maximum absolute atomic E-state index is 13.5. The summed E-state index contributed by atoms with van der Waals surface area (Å²) in [6.07, 6.45) is 4.41. The van der Waals surface area contributed by atoms with Gasteiger partial charge in [0.2, 0.25) is 5.95 Å². The Morgan fingerprint density at radius 2 is 1.88 bits per heavy atom. The topological polar surface area (TPSA) is 112 Å². The molecular formula is C23H24FN9. The van der Waals surface area contributed by atoms with E-state index in [4.69, 9.17) is 10.8 Å². The third-order valence-corrected chi connectivity index (χ3v) is 5.74. The number of aromatic nitrogens is 3. The van der Waals surface area contributed by atoms with Crippen LogP contribution in [0.3, 0.4) is 0 Å². The minimum Gasteiger partial charge on any atom is -0.366 e. The van der Waals surface area contributed by atoms with Gasteiger partial charge in [-0.05, 0) is 18.2 Å². The number of aryl methyl sites for hydroxylation is 1. The van der Waals surface area contributed by atoms with Crippen molar-refractivity contribution in [2.24, 2.45) is 7.05 Å². The molecule has 9 nitrogen and oxygen atoms in total. The highest BCUT2D eigenvalue weighted by Crippen LogP contribution is 2.39. The van der Waals surface area contributed by atoms with Crippen LogP contribution in [0.15, 0.2) is 42.7 Å². The molecule has 2 N–H and O–H groups in total. The Morgan fingerprint density at radius 3 is 2.45 bits per heavy atom. The zero-order valence-electron chi connectivity index (χ0n) is 18.5. The summed E-state index contributed by atoms with van der Waals surface area (Å²) in [6, 6.07) is 11.0. The summed E-state index contributed by atoms with van der Waals surface area (Å²) in [7, 11) is 3.50. The molecule has 2 aromatic heterocycles. The summed E-state index contributed by atoms with van der Waals surface area (Å²) < 4.78 is 15.2. The molecule has 3 heterocycles. The molecule has 0 amide bonds. The number of benzene rings is 1. The first kappa shape index (κ1) is 22.0. The van der Waals surface area contributed by atoms with Crippen molar-refractivity contribution in [3.05, 3.63) is 54.2 Å². The maximum Gasteiger partial charge on any atom is 0.212 e. The second-order valence-electron chi connectivity index (χ2n) is 7.78. The van der Waals surface area contributed by atoms with Gasteiger partial charge in [-0.15, -0.1) is 0 Å². The van der Waals surface area contributed by atoms with Gasteiger partial charge in [0, 0.05) is 69.4 Å². The predicted octanol–water partition coefficient (Wildman–Crippen LogP) is 2.76. The van der Waals surface area contributed by atoms with Crippen molar-refractivity contribution in [2.75, 3.05) is 38.1 Å². The molecule has 1 fully saturated rings. The molecule has 0 bridgehead atoms. The zero-order valence-corrected chi connectivity index (χ0v) is 18.5. The largest absolute Gasteiger partial charge is 0.366 e. The number of nitrogens with zero attached hydrogens (tertiary/aromatic N) is 7. The highest BCUT2D eigenvalue weighted by atomic mass is 19.1. The number of rotatable bonds is 4. The van der Waals surface area contributed by atoms with Gasteiger partial charge in [-0.1, -0.05) is 12.1 Å². The minimum absolute atomic E-state index is 0.260. The quantitative estimate of drug-likeness (QED) is 0.363. The van der Waals surface area contributed by atoms with E-state index in [1.54, 1.807) is 17.8 Å². The Labute approximate surface area is 191 Å². The summed E-state index contributed by atoms with van der Waals surface area (Å²) in [5, 5.41) is 30.3. The molecule has 10 heteroatoms. The van der Waals surface area contributed by atoms with Crippen molar-refractivity contribution >= 4 is 18.0 Å². The molecule has 0 saturated carbocycles. The fraction of sp³-hybridized carbons (Fsp3) is 0.261. The van der Waals surface area contributed by atoms with E-state index in [-0.39, 0.29) is 5.96 Å². The summed E-state index contributed by atoms with van der Waals surface area (Å²) in [4.78, 5) is 9.27. The number of halogens is 1. The standard InChI is InChI=1S/C23H24FN9/c1-30(15-26)23(27)33-11-9-32(10-12-33)22-17(16-3-6-21(24)28-14-16)4-5-18(19(22)13-25)20-7-8-31(2)29-20/h3-8,14-15,26-27H,9-12H2,1-2H3. The van der Waals surface area contributed by atoms with E-state index in [9.17, 15) is 9.65 Å². The summed E-state index contributed by atoms with van der Waals surface area (Å²) in [5.74, 6) is -0.302. The predicted molar refractivity (Wildman–Crippen MR) is 125 cm³/mol. The molecule has 0 atom stereocenters. The Balaban J connectivity index is 1.77. The normalized spacial score (nSPS) is 13.5. The summed E-state index contributed by atoms with van der Waals surface area (Å²) in [5.41, 5.74) is 4.18. The van der Waals surface area contributed by atoms with Crippen LogP contribution in [0.4, 0.5) is 10.1 Å². The molecule has 1 aliphatic rings. The molecule has 0 unspecified atom stereocenters. The van der Waals surface area contributed by atoms with Crippen molar-refractivity contribution in [3.8, 4) is 28.5 Å². The van der Waals surface area contributed by atoms with Gasteiger partial charge in [0.15, 0.2) is 5.96 Å². The molecular weight excluding hydrogens is 421 g/mol. The Hall–Kier alpha value is -4.26. The number of hydrogen-bond acceptors (Lipinski definition) is 6. The lowest BCUT2D eigenvalue weighted by molar-refractivity contribution is 0.355. The van der Waals surface area contributed by atoms with Gasteiger partial charge in [-0.2, -0.15) is 14.8 Å². The number of guanidine groups is 1. The van der Waals surface area contributed by atoms with Crippen molar-refractivity contribution in [1.29, 1.82) is 16.1 Å². The Bertz CT molecular complexity index is 1220. The fourth-order valence-corrected chi connectivity index (χ4v) is 4.00. The molecule has 0 aliphatic carbocycles. The smallest absolute Gasteiger partial charge is 0.212 e. The van der Waals surface area contributed by atoms with E-state index < -0.39 is 5.95 Å². The second kappa shape index (κ2) is 9.08. The molecule has 3 aromatic rings. The average Bonchev–Trinajstić information content (AvgIpc) is 3.28. The summed E-state index contributed by atoms with van der Waals surface area (Å²) in [6.45, 7) is 2.29. The molecule has 1 saturated heterocycles.